The summed E-state index contributed by atoms with van der Waals surface area (Å²) in [7, 11) is 0. The summed E-state index contributed by atoms with van der Waals surface area (Å²) in [6.07, 6.45) is 3.63. The Morgan fingerprint density at radius 2 is 2.19 bits per heavy atom. The predicted molar refractivity (Wildman–Crippen MR) is 63.9 cm³/mol. The molecule has 0 unspecified atom stereocenters. The fourth-order valence-electron chi connectivity index (χ4n) is 1.77. The first-order chi connectivity index (χ1) is 7.88. The van der Waals surface area contributed by atoms with Crippen LogP contribution in [0.5, 0.6) is 0 Å². The maximum Gasteiger partial charge on any atom is 0.0940 e. The first-order valence-corrected chi connectivity index (χ1v) is 6.54. The van der Waals surface area contributed by atoms with Crippen LogP contribution in [0, 0.1) is 0 Å². The van der Waals surface area contributed by atoms with Crippen LogP contribution in [0.15, 0.2) is 6.20 Å². The lowest BCUT2D eigenvalue weighted by Gasteiger charge is -2.25. The molecule has 1 aromatic rings. The Balaban J connectivity index is 1.75. The normalized spacial score (nSPS) is 17.8. The van der Waals surface area contributed by atoms with Gasteiger partial charge in [-0.3, -0.25) is 4.90 Å². The molecule has 5 heteroatoms. The summed E-state index contributed by atoms with van der Waals surface area (Å²) in [5.41, 5.74) is 0. The van der Waals surface area contributed by atoms with Gasteiger partial charge < -0.3 is 9.84 Å². The summed E-state index contributed by atoms with van der Waals surface area (Å²) < 4.78 is 5.31. The minimum atomic E-state index is 0.213. The summed E-state index contributed by atoms with van der Waals surface area (Å²) in [5.74, 6) is 0. The molecule has 1 N–H and O–H groups in total. The third-order valence-corrected chi connectivity index (χ3v) is 3.82. The van der Waals surface area contributed by atoms with Crippen molar-refractivity contribution in [2.75, 3.05) is 39.5 Å². The van der Waals surface area contributed by atoms with E-state index in [9.17, 15) is 0 Å². The quantitative estimate of drug-likeness (QED) is 0.819. The van der Waals surface area contributed by atoms with Gasteiger partial charge >= 0.3 is 0 Å². The van der Waals surface area contributed by atoms with Gasteiger partial charge in [0.05, 0.1) is 18.2 Å². The smallest absolute Gasteiger partial charge is 0.0940 e. The van der Waals surface area contributed by atoms with Crippen molar-refractivity contribution in [1.29, 1.82) is 0 Å². The molecule has 0 radical (unpaired) electrons. The zero-order chi connectivity index (χ0) is 11.2. The highest BCUT2D eigenvalue weighted by Crippen LogP contribution is 2.14. The van der Waals surface area contributed by atoms with Crippen molar-refractivity contribution >= 4 is 11.3 Å². The molecule has 0 saturated carbocycles. The van der Waals surface area contributed by atoms with Crippen molar-refractivity contribution < 1.29 is 9.84 Å². The third-order valence-electron chi connectivity index (χ3n) is 2.71. The van der Waals surface area contributed by atoms with Gasteiger partial charge in [-0.25, -0.2) is 4.98 Å². The number of aliphatic hydroxyl groups excluding tert-OH is 1. The second-order valence-electron chi connectivity index (χ2n) is 3.90. The molecule has 4 nitrogen and oxygen atoms in total. The van der Waals surface area contributed by atoms with Crippen molar-refractivity contribution in [2.45, 2.75) is 12.8 Å². The van der Waals surface area contributed by atoms with Crippen LogP contribution < -0.4 is 0 Å². The van der Waals surface area contributed by atoms with E-state index in [-0.39, 0.29) is 6.61 Å². The maximum absolute atomic E-state index is 8.82. The van der Waals surface area contributed by atoms with Crippen LogP contribution in [-0.4, -0.2) is 54.4 Å². The van der Waals surface area contributed by atoms with Crippen molar-refractivity contribution in [2.24, 2.45) is 0 Å². The molecule has 16 heavy (non-hydrogen) atoms. The highest BCUT2D eigenvalue weighted by Gasteiger charge is 2.10. The Labute approximate surface area is 99.9 Å². The molecule has 1 saturated heterocycles. The summed E-state index contributed by atoms with van der Waals surface area (Å²) in [6, 6.07) is 0. The molecule has 0 aromatic carbocycles. The van der Waals surface area contributed by atoms with E-state index in [2.05, 4.69) is 9.88 Å². The second-order valence-corrected chi connectivity index (χ2v) is 5.10. The molecular formula is C11H18N2O2S. The second kappa shape index (κ2) is 6.30. The van der Waals surface area contributed by atoms with Crippen molar-refractivity contribution in [3.8, 4) is 0 Å². The lowest BCUT2D eigenvalue weighted by molar-refractivity contribution is 0.0384. The third kappa shape index (κ3) is 3.52. The van der Waals surface area contributed by atoms with Gasteiger partial charge in [0.25, 0.3) is 0 Å². The monoisotopic (exact) mass is 242 g/mol. The molecule has 0 amide bonds. The van der Waals surface area contributed by atoms with Crippen LogP contribution in [0.1, 0.15) is 9.88 Å². The predicted octanol–water partition coefficient (Wildman–Crippen LogP) is 0.553. The van der Waals surface area contributed by atoms with Gasteiger partial charge in [-0.15, -0.1) is 11.3 Å². The number of hydrogen-bond donors (Lipinski definition) is 1. The standard InChI is InChI=1S/C11H18N2O2S/c14-6-2-10-9-12-11(16-10)1-3-13-4-7-15-8-5-13/h9,14H,1-8H2. The molecule has 0 bridgehead atoms. The number of hydrogen-bond acceptors (Lipinski definition) is 5. The molecule has 2 rings (SSSR count). The number of morpholine rings is 1. The van der Waals surface area contributed by atoms with Gasteiger partial charge in [0.1, 0.15) is 0 Å². The molecule has 1 aliphatic heterocycles. The summed E-state index contributed by atoms with van der Waals surface area (Å²) in [4.78, 5) is 7.96. The molecular weight excluding hydrogens is 224 g/mol. The Bertz CT molecular complexity index is 311. The first kappa shape index (κ1) is 12.0. The van der Waals surface area contributed by atoms with Gasteiger partial charge in [0.2, 0.25) is 0 Å². The van der Waals surface area contributed by atoms with E-state index in [1.54, 1.807) is 11.3 Å². The van der Waals surface area contributed by atoms with Gasteiger partial charge in [-0.2, -0.15) is 0 Å². The van der Waals surface area contributed by atoms with Crippen LogP contribution in [-0.2, 0) is 17.6 Å². The Hall–Kier alpha value is -0.490. The topological polar surface area (TPSA) is 45.6 Å². The lowest BCUT2D eigenvalue weighted by Crippen LogP contribution is -2.37. The van der Waals surface area contributed by atoms with E-state index >= 15 is 0 Å². The fraction of sp³-hybridized carbons (Fsp3) is 0.727. The van der Waals surface area contributed by atoms with E-state index in [1.165, 1.54) is 9.88 Å². The fourth-order valence-corrected chi connectivity index (χ4v) is 2.67. The molecule has 1 aromatic heterocycles. The Morgan fingerprint density at radius 1 is 1.38 bits per heavy atom. The molecule has 2 heterocycles. The number of nitrogens with zero attached hydrogens (tertiary/aromatic N) is 2. The average molecular weight is 242 g/mol. The average Bonchev–Trinajstić information content (AvgIpc) is 2.76. The minimum absolute atomic E-state index is 0.213. The number of aromatic nitrogens is 1. The summed E-state index contributed by atoms with van der Waals surface area (Å²) >= 11 is 1.72. The van der Waals surface area contributed by atoms with E-state index < -0.39 is 0 Å². The van der Waals surface area contributed by atoms with Gasteiger partial charge in [0.15, 0.2) is 0 Å². The minimum Gasteiger partial charge on any atom is -0.396 e. The molecule has 90 valence electrons. The van der Waals surface area contributed by atoms with Crippen LogP contribution >= 0.6 is 11.3 Å². The van der Waals surface area contributed by atoms with Gasteiger partial charge in [0, 0.05) is 50.2 Å². The van der Waals surface area contributed by atoms with Crippen LogP contribution in [0.2, 0.25) is 0 Å². The number of ether oxygens (including phenoxy) is 1. The molecule has 1 fully saturated rings. The van der Waals surface area contributed by atoms with Crippen molar-refractivity contribution in [1.82, 2.24) is 9.88 Å². The van der Waals surface area contributed by atoms with Gasteiger partial charge in [-0.05, 0) is 0 Å². The zero-order valence-corrected chi connectivity index (χ0v) is 10.2. The van der Waals surface area contributed by atoms with E-state index in [1.807, 2.05) is 6.20 Å². The number of aliphatic hydroxyl groups is 1. The summed E-state index contributed by atoms with van der Waals surface area (Å²) in [6.45, 7) is 5.06. The molecule has 0 aliphatic carbocycles. The van der Waals surface area contributed by atoms with E-state index in [0.717, 1.165) is 45.7 Å². The van der Waals surface area contributed by atoms with E-state index in [4.69, 9.17) is 9.84 Å². The lowest BCUT2D eigenvalue weighted by atomic mass is 10.3. The molecule has 0 spiro atoms. The Morgan fingerprint density at radius 3 is 2.94 bits per heavy atom. The largest absolute Gasteiger partial charge is 0.396 e. The SMILES string of the molecule is OCCc1cnc(CCN2CCOCC2)s1. The van der Waals surface area contributed by atoms with Crippen LogP contribution in [0.3, 0.4) is 0 Å². The number of thiazole rings is 1. The number of rotatable bonds is 5. The van der Waals surface area contributed by atoms with E-state index in [0.29, 0.717) is 0 Å². The molecule has 0 atom stereocenters. The van der Waals surface area contributed by atoms with Crippen molar-refractivity contribution in [3.05, 3.63) is 16.1 Å². The Kier molecular flexibility index (Phi) is 4.71. The summed E-state index contributed by atoms with van der Waals surface area (Å²) in [5, 5.41) is 10.00. The maximum atomic E-state index is 8.82. The molecule has 1 aliphatic rings. The van der Waals surface area contributed by atoms with Crippen molar-refractivity contribution in [3.63, 3.8) is 0 Å². The first-order valence-electron chi connectivity index (χ1n) is 5.73. The zero-order valence-electron chi connectivity index (χ0n) is 9.39. The highest BCUT2D eigenvalue weighted by atomic mass is 32.1. The highest BCUT2D eigenvalue weighted by molar-refractivity contribution is 7.11. The van der Waals surface area contributed by atoms with Crippen LogP contribution in [0.25, 0.3) is 0 Å². The van der Waals surface area contributed by atoms with Crippen LogP contribution in [0.4, 0.5) is 0 Å². The van der Waals surface area contributed by atoms with Gasteiger partial charge in [-0.1, -0.05) is 0 Å².